The van der Waals surface area contributed by atoms with Crippen molar-refractivity contribution in [1.82, 2.24) is 0 Å². The van der Waals surface area contributed by atoms with E-state index in [-0.39, 0.29) is 4.83 Å². The van der Waals surface area contributed by atoms with Gasteiger partial charge in [-0.15, -0.1) is 0 Å². The summed E-state index contributed by atoms with van der Waals surface area (Å²) >= 11 is 3.30. The lowest BCUT2D eigenvalue weighted by Gasteiger charge is -2.22. The first-order valence-corrected chi connectivity index (χ1v) is 4.53. The Balaban J connectivity index is 2.51. The van der Waals surface area contributed by atoms with Gasteiger partial charge in [-0.1, -0.05) is 15.9 Å². The standard InChI is InChI=1S/C7H13BrO3/c1-7(2)10-3-5(8)6(9)4-11-7/h5-6,9H,3-4H2,1-2H3. The molecule has 1 fully saturated rings. The van der Waals surface area contributed by atoms with Gasteiger partial charge >= 0.3 is 0 Å². The van der Waals surface area contributed by atoms with Crippen LogP contribution in [-0.4, -0.2) is 35.0 Å². The fourth-order valence-corrected chi connectivity index (χ4v) is 1.11. The van der Waals surface area contributed by atoms with Crippen LogP contribution in [0.5, 0.6) is 0 Å². The molecular formula is C7H13BrO3. The van der Waals surface area contributed by atoms with Crippen LogP contribution in [0.15, 0.2) is 0 Å². The van der Waals surface area contributed by atoms with Gasteiger partial charge in [-0.2, -0.15) is 0 Å². The third kappa shape index (κ3) is 2.71. The van der Waals surface area contributed by atoms with Gasteiger partial charge in [0.1, 0.15) is 0 Å². The summed E-state index contributed by atoms with van der Waals surface area (Å²) in [5.41, 5.74) is 0. The number of ether oxygens (including phenoxy) is 2. The van der Waals surface area contributed by atoms with E-state index in [1.165, 1.54) is 0 Å². The zero-order valence-electron chi connectivity index (χ0n) is 6.71. The summed E-state index contributed by atoms with van der Waals surface area (Å²) in [5, 5.41) is 9.34. The molecule has 0 radical (unpaired) electrons. The third-order valence-electron chi connectivity index (χ3n) is 1.61. The molecular weight excluding hydrogens is 212 g/mol. The number of rotatable bonds is 0. The minimum absolute atomic E-state index is 0.0238. The second kappa shape index (κ2) is 3.39. The lowest BCUT2D eigenvalue weighted by Crippen LogP contribution is -2.27. The van der Waals surface area contributed by atoms with Crippen molar-refractivity contribution in [2.75, 3.05) is 13.2 Å². The molecule has 0 amide bonds. The smallest absolute Gasteiger partial charge is 0.162 e. The van der Waals surface area contributed by atoms with Crippen LogP contribution in [0, 0.1) is 0 Å². The maximum Gasteiger partial charge on any atom is 0.162 e. The van der Waals surface area contributed by atoms with Crippen molar-refractivity contribution in [1.29, 1.82) is 0 Å². The van der Waals surface area contributed by atoms with Crippen molar-refractivity contribution in [2.45, 2.75) is 30.6 Å². The van der Waals surface area contributed by atoms with Gasteiger partial charge in [0.2, 0.25) is 0 Å². The molecule has 2 atom stereocenters. The van der Waals surface area contributed by atoms with Crippen LogP contribution in [0.3, 0.4) is 0 Å². The maximum absolute atomic E-state index is 9.34. The molecule has 0 aromatic carbocycles. The van der Waals surface area contributed by atoms with Crippen molar-refractivity contribution in [2.24, 2.45) is 0 Å². The largest absolute Gasteiger partial charge is 0.389 e. The predicted molar refractivity (Wildman–Crippen MR) is 44.7 cm³/mol. The fraction of sp³-hybridized carbons (Fsp3) is 1.00. The van der Waals surface area contributed by atoms with Gasteiger partial charge in [-0.05, 0) is 13.8 Å². The molecule has 11 heavy (non-hydrogen) atoms. The van der Waals surface area contributed by atoms with Crippen molar-refractivity contribution in [3.05, 3.63) is 0 Å². The zero-order valence-corrected chi connectivity index (χ0v) is 8.30. The highest BCUT2D eigenvalue weighted by atomic mass is 79.9. The Labute approximate surface area is 74.8 Å². The molecule has 1 heterocycles. The average molecular weight is 225 g/mol. The number of halogens is 1. The summed E-state index contributed by atoms with van der Waals surface area (Å²) in [6, 6.07) is 0. The lowest BCUT2D eigenvalue weighted by molar-refractivity contribution is -0.203. The van der Waals surface area contributed by atoms with Crippen LogP contribution in [0.1, 0.15) is 13.8 Å². The summed E-state index contributed by atoms with van der Waals surface area (Å²) in [6.07, 6.45) is -0.475. The van der Waals surface area contributed by atoms with Gasteiger partial charge in [0.25, 0.3) is 0 Å². The minimum Gasteiger partial charge on any atom is -0.389 e. The SMILES string of the molecule is CC1(C)OCC(O)C(Br)CO1. The first kappa shape index (κ1) is 9.45. The highest BCUT2D eigenvalue weighted by molar-refractivity contribution is 9.09. The Hall–Kier alpha value is 0.360. The highest BCUT2D eigenvalue weighted by Crippen LogP contribution is 2.20. The zero-order chi connectivity index (χ0) is 8.48. The van der Waals surface area contributed by atoms with Gasteiger partial charge in [-0.3, -0.25) is 0 Å². The first-order valence-electron chi connectivity index (χ1n) is 3.61. The van der Waals surface area contributed by atoms with E-state index in [4.69, 9.17) is 9.47 Å². The maximum atomic E-state index is 9.34. The summed E-state index contributed by atoms with van der Waals surface area (Å²) in [4.78, 5) is -0.0238. The van der Waals surface area contributed by atoms with Crippen molar-refractivity contribution in [3.8, 4) is 0 Å². The van der Waals surface area contributed by atoms with E-state index >= 15 is 0 Å². The molecule has 1 N–H and O–H groups in total. The van der Waals surface area contributed by atoms with Crippen LogP contribution in [0.25, 0.3) is 0 Å². The van der Waals surface area contributed by atoms with Gasteiger partial charge in [0.15, 0.2) is 5.79 Å². The summed E-state index contributed by atoms with van der Waals surface area (Å²) < 4.78 is 10.6. The van der Waals surface area contributed by atoms with Crippen molar-refractivity contribution < 1.29 is 14.6 Å². The highest BCUT2D eigenvalue weighted by Gasteiger charge is 2.29. The van der Waals surface area contributed by atoms with E-state index < -0.39 is 11.9 Å². The van der Waals surface area contributed by atoms with Crippen LogP contribution in [0.2, 0.25) is 0 Å². The van der Waals surface area contributed by atoms with Crippen molar-refractivity contribution >= 4 is 15.9 Å². The Bertz CT molecular complexity index is 124. The fourth-order valence-electron chi connectivity index (χ4n) is 0.824. The number of aliphatic hydroxyl groups excluding tert-OH is 1. The molecule has 0 saturated carbocycles. The molecule has 0 aromatic heterocycles. The molecule has 1 aliphatic heterocycles. The van der Waals surface area contributed by atoms with Gasteiger partial charge in [-0.25, -0.2) is 0 Å². The van der Waals surface area contributed by atoms with Crippen LogP contribution < -0.4 is 0 Å². The van der Waals surface area contributed by atoms with E-state index in [0.717, 1.165) is 0 Å². The van der Waals surface area contributed by atoms with E-state index in [0.29, 0.717) is 13.2 Å². The summed E-state index contributed by atoms with van der Waals surface area (Å²) in [6.45, 7) is 4.48. The average Bonchev–Trinajstić information content (AvgIpc) is 2.03. The van der Waals surface area contributed by atoms with Crippen LogP contribution >= 0.6 is 15.9 Å². The Kier molecular flexibility index (Phi) is 2.91. The van der Waals surface area contributed by atoms with E-state index in [9.17, 15) is 5.11 Å². The molecule has 1 saturated heterocycles. The Morgan fingerprint density at radius 2 is 1.91 bits per heavy atom. The minimum atomic E-state index is -0.566. The molecule has 1 aliphatic rings. The van der Waals surface area contributed by atoms with Gasteiger partial charge in [0, 0.05) is 0 Å². The number of hydrogen-bond acceptors (Lipinski definition) is 3. The van der Waals surface area contributed by atoms with E-state index in [1.54, 1.807) is 0 Å². The molecule has 2 unspecified atom stereocenters. The molecule has 0 aromatic rings. The monoisotopic (exact) mass is 224 g/mol. The molecule has 0 bridgehead atoms. The quantitative estimate of drug-likeness (QED) is 0.622. The van der Waals surface area contributed by atoms with Crippen molar-refractivity contribution in [3.63, 3.8) is 0 Å². The summed E-state index contributed by atoms with van der Waals surface area (Å²) in [5.74, 6) is -0.566. The Morgan fingerprint density at radius 3 is 2.55 bits per heavy atom. The van der Waals surface area contributed by atoms with Gasteiger partial charge in [0.05, 0.1) is 24.1 Å². The number of hydrogen-bond donors (Lipinski definition) is 1. The molecule has 4 heteroatoms. The van der Waals surface area contributed by atoms with Gasteiger partial charge < -0.3 is 14.6 Å². The normalized spacial score (nSPS) is 38.2. The molecule has 0 aliphatic carbocycles. The number of alkyl halides is 1. The topological polar surface area (TPSA) is 38.7 Å². The lowest BCUT2D eigenvalue weighted by atomic mass is 10.3. The molecule has 66 valence electrons. The summed E-state index contributed by atoms with van der Waals surface area (Å²) in [7, 11) is 0. The number of aliphatic hydroxyl groups is 1. The van der Waals surface area contributed by atoms with E-state index in [2.05, 4.69) is 15.9 Å². The molecule has 3 nitrogen and oxygen atoms in total. The third-order valence-corrected chi connectivity index (χ3v) is 2.48. The Morgan fingerprint density at radius 1 is 1.36 bits per heavy atom. The second-order valence-corrected chi connectivity index (χ2v) is 4.28. The molecule has 1 rings (SSSR count). The first-order chi connectivity index (χ1) is 5.01. The molecule has 0 spiro atoms. The second-order valence-electron chi connectivity index (χ2n) is 3.11. The van der Waals surface area contributed by atoms with Crippen LogP contribution in [0.4, 0.5) is 0 Å². The van der Waals surface area contributed by atoms with E-state index in [1.807, 2.05) is 13.8 Å². The predicted octanol–water partition coefficient (Wildman–Crippen LogP) is 0.894. The van der Waals surface area contributed by atoms with Crippen LogP contribution in [-0.2, 0) is 9.47 Å².